The molecule has 4 aromatic rings. The number of hydrogen-bond acceptors (Lipinski definition) is 8. The second-order valence-electron chi connectivity index (χ2n) is 7.34. The van der Waals surface area contributed by atoms with Gasteiger partial charge >= 0.3 is 0 Å². The summed E-state index contributed by atoms with van der Waals surface area (Å²) in [6.45, 7) is 1.79. The first kappa shape index (κ1) is 21.2. The quantitative estimate of drug-likeness (QED) is 0.305. The fourth-order valence-corrected chi connectivity index (χ4v) is 6.03. The van der Waals surface area contributed by atoms with Crippen LogP contribution in [0.5, 0.6) is 0 Å². The van der Waals surface area contributed by atoms with Crippen molar-refractivity contribution in [3.8, 4) is 0 Å². The van der Waals surface area contributed by atoms with Crippen molar-refractivity contribution >= 4 is 61.9 Å². The molecule has 2 aromatic carbocycles. The molecule has 0 unspecified atom stereocenters. The van der Waals surface area contributed by atoms with E-state index in [4.69, 9.17) is 4.98 Å². The third-order valence-electron chi connectivity index (χ3n) is 5.24. The van der Waals surface area contributed by atoms with E-state index in [1.807, 2.05) is 30.5 Å². The van der Waals surface area contributed by atoms with Crippen LogP contribution >= 0.6 is 34.9 Å². The van der Waals surface area contributed by atoms with Gasteiger partial charge < -0.3 is 10.2 Å². The van der Waals surface area contributed by atoms with E-state index in [0.29, 0.717) is 5.65 Å². The van der Waals surface area contributed by atoms with E-state index in [1.165, 1.54) is 29.2 Å². The molecular formula is C23H21N5OS3. The predicted molar refractivity (Wildman–Crippen MR) is 134 cm³/mol. The fourth-order valence-electron chi connectivity index (χ4n) is 3.65. The van der Waals surface area contributed by atoms with Gasteiger partial charge in [-0.1, -0.05) is 53.4 Å². The minimum Gasteiger partial charge on any atom is -0.343 e. The first-order valence-corrected chi connectivity index (χ1v) is 13.2. The van der Waals surface area contributed by atoms with Gasteiger partial charge in [0.2, 0.25) is 5.91 Å². The number of amides is 1. The molecule has 0 saturated heterocycles. The lowest BCUT2D eigenvalue weighted by Gasteiger charge is -2.28. The number of carbonyl (C=O) groups is 1. The molecule has 6 nitrogen and oxygen atoms in total. The fraction of sp³-hybridized carbons (Fsp3) is 0.217. The van der Waals surface area contributed by atoms with Crippen molar-refractivity contribution in [3.63, 3.8) is 0 Å². The van der Waals surface area contributed by atoms with Crippen LogP contribution in [0, 0.1) is 0 Å². The molecule has 32 heavy (non-hydrogen) atoms. The molecule has 1 aliphatic rings. The van der Waals surface area contributed by atoms with Crippen molar-refractivity contribution in [2.75, 3.05) is 28.8 Å². The van der Waals surface area contributed by atoms with Crippen LogP contribution in [0.25, 0.3) is 10.3 Å². The molecule has 0 atom stereocenters. The van der Waals surface area contributed by atoms with Crippen molar-refractivity contribution < 1.29 is 4.79 Å². The monoisotopic (exact) mass is 479 g/mol. The van der Waals surface area contributed by atoms with Gasteiger partial charge in [0.05, 0.1) is 5.75 Å². The summed E-state index contributed by atoms with van der Waals surface area (Å²) in [5.74, 6) is 0.220. The Balaban J connectivity index is 1.29. The standard InChI is InChI=1S/C23H21N5OS3/c1-30-18-8-4-7-17(11-18)26-19(29)13-31-22-20-21(24-14-25-22)27-23(32-20)28-10-9-15-5-2-3-6-16(15)12-28/h2-8,11,14H,9-10,12-13H2,1H3,(H,26,29). The highest BCUT2D eigenvalue weighted by Gasteiger charge is 2.21. The zero-order valence-electron chi connectivity index (χ0n) is 17.4. The molecule has 1 amide bonds. The average molecular weight is 480 g/mol. The van der Waals surface area contributed by atoms with Crippen LogP contribution in [0.2, 0.25) is 0 Å². The van der Waals surface area contributed by atoms with Gasteiger partial charge in [0, 0.05) is 23.7 Å². The average Bonchev–Trinajstić information content (AvgIpc) is 3.27. The zero-order valence-corrected chi connectivity index (χ0v) is 19.9. The molecule has 0 bridgehead atoms. The van der Waals surface area contributed by atoms with E-state index in [9.17, 15) is 4.79 Å². The number of carbonyl (C=O) groups excluding carboxylic acids is 1. The molecule has 1 N–H and O–H groups in total. The molecule has 0 radical (unpaired) electrons. The summed E-state index contributed by atoms with van der Waals surface area (Å²) >= 11 is 4.67. The van der Waals surface area contributed by atoms with Crippen LogP contribution in [-0.2, 0) is 17.8 Å². The van der Waals surface area contributed by atoms with Crippen molar-refractivity contribution in [3.05, 3.63) is 66.0 Å². The van der Waals surface area contributed by atoms with Crippen LogP contribution in [0.15, 0.2) is 64.8 Å². The molecule has 3 heterocycles. The molecule has 0 fully saturated rings. The third-order valence-corrected chi connectivity index (χ3v) is 8.20. The maximum Gasteiger partial charge on any atom is 0.234 e. The number of anilines is 2. The summed E-state index contributed by atoms with van der Waals surface area (Å²) < 4.78 is 0.934. The number of rotatable bonds is 6. The number of aromatic nitrogens is 3. The van der Waals surface area contributed by atoms with Crippen molar-refractivity contribution in [1.29, 1.82) is 0 Å². The smallest absolute Gasteiger partial charge is 0.234 e. The number of thiazole rings is 1. The molecule has 5 rings (SSSR count). The lowest BCUT2D eigenvalue weighted by molar-refractivity contribution is -0.113. The van der Waals surface area contributed by atoms with E-state index in [2.05, 4.69) is 44.5 Å². The maximum atomic E-state index is 12.5. The topological polar surface area (TPSA) is 71.0 Å². The van der Waals surface area contributed by atoms with E-state index < -0.39 is 0 Å². The third kappa shape index (κ3) is 4.60. The minimum atomic E-state index is -0.0580. The van der Waals surface area contributed by atoms with Gasteiger partial charge in [-0.3, -0.25) is 4.79 Å². The van der Waals surface area contributed by atoms with Crippen LogP contribution in [0.4, 0.5) is 10.8 Å². The highest BCUT2D eigenvalue weighted by Crippen LogP contribution is 2.35. The number of benzene rings is 2. The number of nitrogens with zero attached hydrogens (tertiary/aromatic N) is 4. The predicted octanol–water partition coefficient (Wildman–Crippen LogP) is 5.10. The number of nitrogens with one attached hydrogen (secondary N) is 1. The molecular weight excluding hydrogens is 458 g/mol. The molecule has 0 aliphatic carbocycles. The summed E-state index contributed by atoms with van der Waals surface area (Å²) in [7, 11) is 0. The lowest BCUT2D eigenvalue weighted by Crippen LogP contribution is -2.30. The van der Waals surface area contributed by atoms with E-state index in [0.717, 1.165) is 45.0 Å². The Morgan fingerprint density at radius 2 is 2.03 bits per heavy atom. The Labute approximate surface area is 198 Å². The molecule has 2 aromatic heterocycles. The Morgan fingerprint density at radius 1 is 1.16 bits per heavy atom. The van der Waals surface area contributed by atoms with Crippen molar-refractivity contribution in [2.45, 2.75) is 22.9 Å². The number of thioether (sulfide) groups is 2. The number of hydrogen-bond donors (Lipinski definition) is 1. The Morgan fingerprint density at radius 3 is 2.91 bits per heavy atom. The first-order chi connectivity index (χ1) is 15.7. The van der Waals surface area contributed by atoms with Gasteiger partial charge in [-0.2, -0.15) is 4.98 Å². The molecule has 1 aliphatic heterocycles. The van der Waals surface area contributed by atoms with Gasteiger partial charge in [-0.05, 0) is 42.0 Å². The van der Waals surface area contributed by atoms with Gasteiger partial charge in [0.15, 0.2) is 10.8 Å². The van der Waals surface area contributed by atoms with E-state index >= 15 is 0 Å². The van der Waals surface area contributed by atoms with Gasteiger partial charge in [0.1, 0.15) is 16.1 Å². The van der Waals surface area contributed by atoms with Crippen LogP contribution in [-0.4, -0.2) is 39.4 Å². The van der Waals surface area contributed by atoms with Crippen molar-refractivity contribution in [2.24, 2.45) is 0 Å². The lowest BCUT2D eigenvalue weighted by atomic mass is 10.0. The Kier molecular flexibility index (Phi) is 6.29. The Bertz CT molecular complexity index is 1280. The summed E-state index contributed by atoms with van der Waals surface area (Å²) in [5.41, 5.74) is 4.26. The van der Waals surface area contributed by atoms with E-state index in [-0.39, 0.29) is 11.7 Å². The second-order valence-corrected chi connectivity index (χ2v) is 10.2. The highest BCUT2D eigenvalue weighted by molar-refractivity contribution is 8.00. The van der Waals surface area contributed by atoms with Crippen LogP contribution in [0.1, 0.15) is 11.1 Å². The largest absolute Gasteiger partial charge is 0.343 e. The molecule has 0 spiro atoms. The normalized spacial score (nSPS) is 13.2. The number of fused-ring (bicyclic) bond motifs is 2. The molecule has 9 heteroatoms. The van der Waals surface area contributed by atoms with Crippen LogP contribution < -0.4 is 10.2 Å². The SMILES string of the molecule is CSc1cccc(NC(=O)CSc2ncnc3nc(N4CCc5ccccc5C4)sc23)c1. The minimum absolute atomic E-state index is 0.0580. The summed E-state index contributed by atoms with van der Waals surface area (Å²) in [6.07, 6.45) is 4.56. The summed E-state index contributed by atoms with van der Waals surface area (Å²) in [6, 6.07) is 16.4. The zero-order chi connectivity index (χ0) is 21.9. The van der Waals surface area contributed by atoms with E-state index in [1.54, 1.807) is 23.1 Å². The Hall–Kier alpha value is -2.62. The van der Waals surface area contributed by atoms with Gasteiger partial charge in [-0.15, -0.1) is 11.8 Å². The summed E-state index contributed by atoms with van der Waals surface area (Å²) in [4.78, 5) is 29.5. The second kappa shape index (κ2) is 9.48. The van der Waals surface area contributed by atoms with Crippen LogP contribution in [0.3, 0.4) is 0 Å². The maximum absolute atomic E-state index is 12.5. The highest BCUT2D eigenvalue weighted by atomic mass is 32.2. The summed E-state index contributed by atoms with van der Waals surface area (Å²) in [5, 5.41) is 4.71. The molecule has 162 valence electrons. The first-order valence-electron chi connectivity index (χ1n) is 10.2. The van der Waals surface area contributed by atoms with Gasteiger partial charge in [0.25, 0.3) is 0 Å². The van der Waals surface area contributed by atoms with Gasteiger partial charge in [-0.25, -0.2) is 9.97 Å². The van der Waals surface area contributed by atoms with Crippen molar-refractivity contribution in [1.82, 2.24) is 15.0 Å². The molecule has 0 saturated carbocycles.